The van der Waals surface area contributed by atoms with Crippen molar-refractivity contribution in [2.45, 2.75) is 6.92 Å². The molecule has 0 saturated carbocycles. The molecule has 1 amide bonds. The number of anilines is 2. The summed E-state index contributed by atoms with van der Waals surface area (Å²) in [5, 5.41) is 2.83. The van der Waals surface area contributed by atoms with E-state index < -0.39 is 0 Å². The second-order valence-electron chi connectivity index (χ2n) is 4.35. The Labute approximate surface area is 126 Å². The number of nitrogens with two attached hydrogens (primary N) is 1. The van der Waals surface area contributed by atoms with Gasteiger partial charge < -0.3 is 15.8 Å². The van der Waals surface area contributed by atoms with E-state index in [1.54, 1.807) is 18.2 Å². The lowest BCUT2D eigenvalue weighted by Crippen LogP contribution is -2.14. The molecular formula is C15H15BrN2O2. The van der Waals surface area contributed by atoms with Crippen LogP contribution in [0.2, 0.25) is 0 Å². The molecule has 0 fully saturated rings. The Kier molecular flexibility index (Phi) is 4.29. The van der Waals surface area contributed by atoms with Gasteiger partial charge in [-0.25, -0.2) is 0 Å². The number of hydrogen-bond donors (Lipinski definition) is 2. The number of rotatable bonds is 3. The zero-order valence-corrected chi connectivity index (χ0v) is 12.8. The molecule has 0 bridgehead atoms. The smallest absolute Gasteiger partial charge is 0.259 e. The lowest BCUT2D eigenvalue weighted by atomic mass is 10.1. The Balaban J connectivity index is 2.28. The van der Waals surface area contributed by atoms with Crippen LogP contribution in [-0.4, -0.2) is 13.0 Å². The number of halogens is 1. The Morgan fingerprint density at radius 3 is 2.70 bits per heavy atom. The molecule has 104 valence electrons. The Morgan fingerprint density at radius 2 is 2.05 bits per heavy atom. The standard InChI is InChI=1S/C15H15BrN2O2/c1-9-8-10(6-7-12(9)16)18-15(19)11-4-3-5-13(17)14(11)20-2/h3-8H,17H2,1-2H3,(H,18,19). The molecule has 0 unspecified atom stereocenters. The summed E-state index contributed by atoms with van der Waals surface area (Å²) in [5.41, 5.74) is 8.41. The fourth-order valence-electron chi connectivity index (χ4n) is 1.88. The van der Waals surface area contributed by atoms with Crippen molar-refractivity contribution >= 4 is 33.2 Å². The predicted molar refractivity (Wildman–Crippen MR) is 84.2 cm³/mol. The van der Waals surface area contributed by atoms with Crippen LogP contribution in [0.3, 0.4) is 0 Å². The molecule has 0 heterocycles. The maximum Gasteiger partial charge on any atom is 0.259 e. The third kappa shape index (κ3) is 2.93. The molecule has 0 aliphatic carbocycles. The van der Waals surface area contributed by atoms with Gasteiger partial charge in [0.25, 0.3) is 5.91 Å². The number of amides is 1. The minimum Gasteiger partial charge on any atom is -0.494 e. The zero-order chi connectivity index (χ0) is 14.7. The first-order valence-corrected chi connectivity index (χ1v) is 6.82. The number of aryl methyl sites for hydroxylation is 1. The lowest BCUT2D eigenvalue weighted by Gasteiger charge is -2.11. The number of hydrogen-bond acceptors (Lipinski definition) is 3. The zero-order valence-electron chi connectivity index (χ0n) is 11.2. The lowest BCUT2D eigenvalue weighted by molar-refractivity contribution is 0.102. The molecule has 3 N–H and O–H groups in total. The molecule has 0 atom stereocenters. The van der Waals surface area contributed by atoms with Crippen molar-refractivity contribution in [3.63, 3.8) is 0 Å². The number of nitrogens with one attached hydrogen (secondary N) is 1. The fourth-order valence-corrected chi connectivity index (χ4v) is 2.13. The molecule has 2 aromatic carbocycles. The van der Waals surface area contributed by atoms with Crippen molar-refractivity contribution in [2.24, 2.45) is 0 Å². The minimum absolute atomic E-state index is 0.254. The Hall–Kier alpha value is -2.01. The van der Waals surface area contributed by atoms with E-state index in [4.69, 9.17) is 10.5 Å². The number of carbonyl (C=O) groups is 1. The molecule has 0 aromatic heterocycles. The van der Waals surface area contributed by atoms with Gasteiger partial charge in [-0.3, -0.25) is 4.79 Å². The number of ether oxygens (including phenoxy) is 1. The second-order valence-corrected chi connectivity index (χ2v) is 5.20. The average Bonchev–Trinajstić information content (AvgIpc) is 2.42. The molecule has 0 aliphatic rings. The molecule has 5 heteroatoms. The number of methoxy groups -OCH3 is 1. The normalized spacial score (nSPS) is 10.2. The molecule has 2 rings (SSSR count). The van der Waals surface area contributed by atoms with Gasteiger partial charge in [-0.05, 0) is 42.8 Å². The van der Waals surface area contributed by atoms with E-state index in [2.05, 4.69) is 21.2 Å². The highest BCUT2D eigenvalue weighted by atomic mass is 79.9. The van der Waals surface area contributed by atoms with Crippen molar-refractivity contribution in [3.05, 3.63) is 52.0 Å². The van der Waals surface area contributed by atoms with Crippen LogP contribution >= 0.6 is 15.9 Å². The largest absolute Gasteiger partial charge is 0.494 e. The van der Waals surface area contributed by atoms with Crippen LogP contribution in [0.4, 0.5) is 11.4 Å². The average molecular weight is 335 g/mol. The van der Waals surface area contributed by atoms with Crippen molar-refractivity contribution < 1.29 is 9.53 Å². The fraction of sp³-hybridized carbons (Fsp3) is 0.133. The Morgan fingerprint density at radius 1 is 1.30 bits per heavy atom. The summed E-state index contributed by atoms with van der Waals surface area (Å²) in [7, 11) is 1.49. The molecule has 4 nitrogen and oxygen atoms in total. The SMILES string of the molecule is COc1c(N)cccc1C(=O)Nc1ccc(Br)c(C)c1. The van der Waals surface area contributed by atoms with E-state index in [0.717, 1.165) is 15.7 Å². The number of nitrogen functional groups attached to an aromatic ring is 1. The van der Waals surface area contributed by atoms with Gasteiger partial charge in [-0.2, -0.15) is 0 Å². The Bertz CT molecular complexity index is 656. The molecule has 2 aromatic rings. The summed E-state index contributed by atoms with van der Waals surface area (Å²) in [6, 6.07) is 10.7. The highest BCUT2D eigenvalue weighted by molar-refractivity contribution is 9.10. The maximum absolute atomic E-state index is 12.3. The topological polar surface area (TPSA) is 64.3 Å². The van der Waals surface area contributed by atoms with E-state index in [1.807, 2.05) is 25.1 Å². The summed E-state index contributed by atoms with van der Waals surface area (Å²) < 4.78 is 6.18. The summed E-state index contributed by atoms with van der Waals surface area (Å²) in [6.45, 7) is 1.96. The molecule has 0 aliphatic heterocycles. The highest BCUT2D eigenvalue weighted by Crippen LogP contribution is 2.27. The van der Waals surface area contributed by atoms with Gasteiger partial charge in [0, 0.05) is 10.2 Å². The van der Waals surface area contributed by atoms with E-state index in [0.29, 0.717) is 17.0 Å². The van der Waals surface area contributed by atoms with Crippen molar-refractivity contribution in [2.75, 3.05) is 18.2 Å². The first-order chi connectivity index (χ1) is 9.52. The van der Waals surface area contributed by atoms with Gasteiger partial charge in [0.15, 0.2) is 5.75 Å². The molecular weight excluding hydrogens is 320 g/mol. The van der Waals surface area contributed by atoms with Crippen LogP contribution in [0.15, 0.2) is 40.9 Å². The number of benzene rings is 2. The summed E-state index contributed by atoms with van der Waals surface area (Å²) in [6.07, 6.45) is 0. The summed E-state index contributed by atoms with van der Waals surface area (Å²) >= 11 is 3.42. The molecule has 0 saturated heterocycles. The van der Waals surface area contributed by atoms with E-state index in [9.17, 15) is 4.79 Å². The van der Waals surface area contributed by atoms with E-state index in [1.165, 1.54) is 7.11 Å². The minimum atomic E-state index is -0.254. The quantitative estimate of drug-likeness (QED) is 0.843. The van der Waals surface area contributed by atoms with Gasteiger partial charge in [0.2, 0.25) is 0 Å². The van der Waals surface area contributed by atoms with Gasteiger partial charge >= 0.3 is 0 Å². The molecule has 0 radical (unpaired) electrons. The summed E-state index contributed by atoms with van der Waals surface area (Å²) in [4.78, 5) is 12.3. The van der Waals surface area contributed by atoms with Gasteiger partial charge in [0.05, 0.1) is 18.4 Å². The van der Waals surface area contributed by atoms with Crippen LogP contribution in [0.5, 0.6) is 5.75 Å². The summed E-state index contributed by atoms with van der Waals surface area (Å²) in [5.74, 6) is 0.134. The molecule has 0 spiro atoms. The van der Waals surface area contributed by atoms with Crippen LogP contribution in [0.25, 0.3) is 0 Å². The van der Waals surface area contributed by atoms with Gasteiger partial charge in [-0.15, -0.1) is 0 Å². The second kappa shape index (κ2) is 5.96. The first-order valence-electron chi connectivity index (χ1n) is 6.03. The number of carbonyl (C=O) groups excluding carboxylic acids is 1. The first kappa shape index (κ1) is 14.4. The van der Waals surface area contributed by atoms with Crippen LogP contribution in [-0.2, 0) is 0 Å². The van der Waals surface area contributed by atoms with Gasteiger partial charge in [0.1, 0.15) is 0 Å². The van der Waals surface area contributed by atoms with Gasteiger partial charge in [-0.1, -0.05) is 22.0 Å². The van der Waals surface area contributed by atoms with Crippen LogP contribution in [0.1, 0.15) is 15.9 Å². The highest BCUT2D eigenvalue weighted by Gasteiger charge is 2.14. The third-order valence-electron chi connectivity index (χ3n) is 2.91. The third-order valence-corrected chi connectivity index (χ3v) is 3.80. The monoisotopic (exact) mass is 334 g/mol. The van der Waals surface area contributed by atoms with Crippen molar-refractivity contribution in [1.82, 2.24) is 0 Å². The van der Waals surface area contributed by atoms with Crippen molar-refractivity contribution in [3.8, 4) is 5.75 Å². The molecule has 20 heavy (non-hydrogen) atoms. The van der Waals surface area contributed by atoms with E-state index in [-0.39, 0.29) is 5.91 Å². The van der Waals surface area contributed by atoms with Crippen LogP contribution in [0, 0.1) is 6.92 Å². The van der Waals surface area contributed by atoms with Crippen LogP contribution < -0.4 is 15.8 Å². The van der Waals surface area contributed by atoms with Crippen molar-refractivity contribution in [1.29, 1.82) is 0 Å². The predicted octanol–water partition coefficient (Wildman–Crippen LogP) is 3.60. The van der Waals surface area contributed by atoms with E-state index >= 15 is 0 Å². The maximum atomic E-state index is 12.3. The number of para-hydroxylation sites is 1.